The van der Waals surface area contributed by atoms with E-state index in [1.807, 2.05) is 23.1 Å². The molecule has 2 atom stereocenters. The van der Waals surface area contributed by atoms with E-state index in [1.165, 1.54) is 0 Å². The number of ether oxygens (including phenoxy) is 1. The number of carbonyl (C=O) groups excluding carboxylic acids is 2. The monoisotopic (exact) mass is 488 g/mol. The highest BCUT2D eigenvalue weighted by Crippen LogP contribution is 2.58. The third-order valence-corrected chi connectivity index (χ3v) is 9.36. The van der Waals surface area contributed by atoms with Crippen molar-refractivity contribution < 1.29 is 14.3 Å². The van der Waals surface area contributed by atoms with Crippen LogP contribution in [-0.2, 0) is 21.8 Å². The lowest BCUT2D eigenvalue weighted by Crippen LogP contribution is -2.41. The lowest BCUT2D eigenvalue weighted by molar-refractivity contribution is -0.118. The Labute approximate surface area is 209 Å². The van der Waals surface area contributed by atoms with Gasteiger partial charge in [-0.15, -0.1) is 0 Å². The molecule has 1 saturated heterocycles. The fourth-order valence-electron chi connectivity index (χ4n) is 6.26. The topological polar surface area (TPSA) is 51.5 Å². The number of aromatic nitrogens is 1. The number of amides is 1. The number of benzene rings is 2. The van der Waals surface area contributed by atoms with E-state index in [1.54, 1.807) is 6.92 Å². The molecule has 184 valence electrons. The summed E-state index contributed by atoms with van der Waals surface area (Å²) in [6.45, 7) is 12.6. The van der Waals surface area contributed by atoms with Crippen molar-refractivity contribution in [2.45, 2.75) is 64.6 Å². The predicted molar refractivity (Wildman–Crippen MR) is 142 cm³/mol. The van der Waals surface area contributed by atoms with Gasteiger partial charge >= 0.3 is 0 Å². The van der Waals surface area contributed by atoms with E-state index in [-0.39, 0.29) is 17.1 Å². The lowest BCUT2D eigenvalue weighted by Gasteiger charge is -2.35. The van der Waals surface area contributed by atoms with Gasteiger partial charge in [-0.2, -0.15) is 0 Å². The number of hydrogen-bond donors (Lipinski definition) is 0. The number of Topliss-reactive ketones (excluding diaryl/α,β-unsaturated/α-hetero) is 1. The van der Waals surface area contributed by atoms with E-state index < -0.39 is 13.6 Å². The quantitative estimate of drug-likeness (QED) is 0.287. The Morgan fingerprint density at radius 2 is 1.80 bits per heavy atom. The van der Waals surface area contributed by atoms with E-state index in [4.69, 9.17) is 4.74 Å². The van der Waals surface area contributed by atoms with E-state index in [9.17, 15) is 9.59 Å². The van der Waals surface area contributed by atoms with Gasteiger partial charge in [0.2, 0.25) is 0 Å². The lowest BCUT2D eigenvalue weighted by atomic mass is 9.74. The average Bonchev–Trinajstić information content (AvgIpc) is 3.37. The van der Waals surface area contributed by atoms with Crippen molar-refractivity contribution in [1.29, 1.82) is 0 Å². The number of hydrogen-bond acceptors (Lipinski definition) is 3. The molecule has 2 aromatic carbocycles. The van der Waals surface area contributed by atoms with E-state index in [0.717, 1.165) is 40.4 Å². The zero-order valence-corrected chi connectivity index (χ0v) is 22.6. The van der Waals surface area contributed by atoms with E-state index in [2.05, 4.69) is 67.5 Å². The first-order chi connectivity index (χ1) is 16.5. The molecule has 0 spiro atoms. The summed E-state index contributed by atoms with van der Waals surface area (Å²) in [5.74, 6) is 0.226. The molecule has 0 aliphatic carbocycles. The van der Waals surface area contributed by atoms with Crippen LogP contribution in [0.2, 0.25) is 25.7 Å². The first-order valence-corrected chi connectivity index (χ1v) is 16.3. The Bertz CT molecular complexity index is 1310. The summed E-state index contributed by atoms with van der Waals surface area (Å²) in [6.07, 6.45) is 1.18. The Morgan fingerprint density at radius 1 is 1.09 bits per heavy atom. The standard InChI is InChI=1S/C29H36N2O3Si/c1-21(32)17-28(2)18-29(24-12-8-7-11-23(24)27(33)31(29)19-28)26-16-22-10-6-9-13-25(22)30(26)20-34-14-15-35(3,4)5/h6-13,16H,14-15,17-20H2,1-5H3/t28-,29+/m1/s1. The van der Waals surface area contributed by atoms with Gasteiger partial charge in [0, 0.05) is 38.6 Å². The minimum atomic E-state index is -1.21. The minimum absolute atomic E-state index is 0.0596. The molecule has 0 radical (unpaired) electrons. The SMILES string of the molecule is CC(=O)C[C@@]1(C)CN2C(=O)c3ccccc3[C@]2(c2cc3ccccc3n2COCC[Si](C)(C)C)C1. The number of carbonyl (C=O) groups is 2. The predicted octanol–water partition coefficient (Wildman–Crippen LogP) is 6.04. The molecule has 2 aliphatic rings. The second-order valence-electron chi connectivity index (χ2n) is 12.0. The van der Waals surface area contributed by atoms with Gasteiger partial charge in [-0.3, -0.25) is 4.79 Å². The van der Waals surface area contributed by atoms with E-state index >= 15 is 0 Å². The molecule has 3 heterocycles. The Balaban J connectivity index is 1.66. The third-order valence-electron chi connectivity index (χ3n) is 7.66. The van der Waals surface area contributed by atoms with Crippen LogP contribution in [0.1, 0.15) is 48.3 Å². The molecule has 5 rings (SSSR count). The number of rotatable bonds is 8. The van der Waals surface area contributed by atoms with Crippen molar-refractivity contribution in [3.8, 4) is 0 Å². The van der Waals surface area contributed by atoms with Crippen LogP contribution in [0.25, 0.3) is 10.9 Å². The fourth-order valence-corrected chi connectivity index (χ4v) is 7.02. The van der Waals surface area contributed by atoms with Crippen LogP contribution in [0.15, 0.2) is 54.6 Å². The van der Waals surface area contributed by atoms with Gasteiger partial charge in [-0.1, -0.05) is 63.0 Å². The van der Waals surface area contributed by atoms with Crippen molar-refractivity contribution >= 4 is 30.7 Å². The molecule has 1 amide bonds. The summed E-state index contributed by atoms with van der Waals surface area (Å²) >= 11 is 0. The average molecular weight is 489 g/mol. The maximum atomic E-state index is 13.7. The van der Waals surface area contributed by atoms with Crippen LogP contribution in [0.4, 0.5) is 0 Å². The van der Waals surface area contributed by atoms with Crippen LogP contribution < -0.4 is 0 Å². The summed E-state index contributed by atoms with van der Waals surface area (Å²) in [6, 6.07) is 19.7. The van der Waals surface area contributed by atoms with Crippen molar-refractivity contribution in [1.82, 2.24) is 9.47 Å². The Kier molecular flexibility index (Phi) is 5.80. The number of fused-ring (bicyclic) bond motifs is 4. The fraction of sp³-hybridized carbons (Fsp3) is 0.448. The molecule has 35 heavy (non-hydrogen) atoms. The smallest absolute Gasteiger partial charge is 0.255 e. The zero-order chi connectivity index (χ0) is 25.0. The van der Waals surface area contributed by atoms with Crippen LogP contribution in [-0.4, -0.2) is 42.4 Å². The molecule has 0 N–H and O–H groups in total. The molecule has 1 fully saturated rings. The maximum absolute atomic E-state index is 13.7. The largest absolute Gasteiger partial charge is 0.361 e. The molecule has 3 aromatic rings. The summed E-state index contributed by atoms with van der Waals surface area (Å²) in [5.41, 5.74) is 3.12. The third kappa shape index (κ3) is 4.06. The summed E-state index contributed by atoms with van der Waals surface area (Å²) in [7, 11) is -1.21. The van der Waals surface area contributed by atoms with E-state index in [0.29, 0.717) is 26.1 Å². The number of ketones is 1. The summed E-state index contributed by atoms with van der Waals surface area (Å²) in [5, 5.41) is 1.14. The second-order valence-corrected chi connectivity index (χ2v) is 17.6. The highest BCUT2D eigenvalue weighted by molar-refractivity contribution is 6.76. The Morgan fingerprint density at radius 3 is 2.54 bits per heavy atom. The van der Waals surface area contributed by atoms with Crippen molar-refractivity contribution in [2.24, 2.45) is 5.41 Å². The van der Waals surface area contributed by atoms with Crippen LogP contribution in [0.3, 0.4) is 0 Å². The van der Waals surface area contributed by atoms with Crippen molar-refractivity contribution in [3.63, 3.8) is 0 Å². The van der Waals surface area contributed by atoms with Gasteiger partial charge in [-0.25, -0.2) is 0 Å². The molecule has 0 unspecified atom stereocenters. The van der Waals surface area contributed by atoms with Gasteiger partial charge in [0.15, 0.2) is 0 Å². The first-order valence-electron chi connectivity index (χ1n) is 12.6. The number of para-hydroxylation sites is 1. The van der Waals surface area contributed by atoms with Gasteiger partial charge < -0.3 is 19.0 Å². The molecule has 6 heteroatoms. The van der Waals surface area contributed by atoms with Gasteiger partial charge in [-0.05, 0) is 48.6 Å². The summed E-state index contributed by atoms with van der Waals surface area (Å²) < 4.78 is 8.54. The highest BCUT2D eigenvalue weighted by atomic mass is 28.3. The normalized spacial score (nSPS) is 23.7. The van der Waals surface area contributed by atoms with Crippen LogP contribution in [0, 0.1) is 5.41 Å². The van der Waals surface area contributed by atoms with Gasteiger partial charge in [0.05, 0.1) is 11.2 Å². The first kappa shape index (κ1) is 24.0. The number of nitrogens with zero attached hydrogens (tertiary/aromatic N) is 2. The second kappa shape index (κ2) is 8.45. The molecular weight excluding hydrogens is 452 g/mol. The maximum Gasteiger partial charge on any atom is 0.255 e. The Hall–Kier alpha value is -2.70. The van der Waals surface area contributed by atoms with Crippen molar-refractivity contribution in [3.05, 3.63) is 71.4 Å². The summed E-state index contributed by atoms with van der Waals surface area (Å²) in [4.78, 5) is 28.0. The van der Waals surface area contributed by atoms with Crippen molar-refractivity contribution in [2.75, 3.05) is 13.2 Å². The molecule has 0 bridgehead atoms. The molecule has 2 aliphatic heterocycles. The van der Waals surface area contributed by atoms with Gasteiger partial charge in [0.1, 0.15) is 18.1 Å². The molecule has 0 saturated carbocycles. The minimum Gasteiger partial charge on any atom is -0.361 e. The van der Waals surface area contributed by atoms with Gasteiger partial charge in [0.25, 0.3) is 5.91 Å². The molecule has 5 nitrogen and oxygen atoms in total. The van der Waals surface area contributed by atoms with Crippen LogP contribution in [0.5, 0.6) is 0 Å². The highest BCUT2D eigenvalue weighted by Gasteiger charge is 2.61. The van der Waals surface area contributed by atoms with Crippen LogP contribution >= 0.6 is 0 Å². The molecular formula is C29H36N2O3Si. The molecule has 1 aromatic heterocycles. The zero-order valence-electron chi connectivity index (χ0n) is 21.6.